The fraction of sp³-hybridized carbons (Fsp3) is 0.400. The van der Waals surface area contributed by atoms with Crippen molar-refractivity contribution in [1.82, 2.24) is 9.97 Å². The van der Waals surface area contributed by atoms with Crippen LogP contribution >= 0.6 is 0 Å². The Bertz CT molecular complexity index is 1050. The molecule has 0 radical (unpaired) electrons. The zero-order valence-corrected chi connectivity index (χ0v) is 18.3. The van der Waals surface area contributed by atoms with Gasteiger partial charge in [-0.25, -0.2) is 9.97 Å². The number of benzene rings is 1. The minimum atomic E-state index is -4.44. The molecule has 0 spiro atoms. The second kappa shape index (κ2) is 10.6. The number of Topliss-reactive ketones (excluding diaryl/α,β-unsaturated/α-hetero) is 1. The first-order chi connectivity index (χ1) is 15.3. The maximum Gasteiger partial charge on any atom is 0.417 e. The summed E-state index contributed by atoms with van der Waals surface area (Å²) < 4.78 is 43.6. The number of rotatable bonds is 10. The maximum atomic E-state index is 12.9. The van der Waals surface area contributed by atoms with Crippen LogP contribution in [0.15, 0.2) is 48.7 Å². The number of unbranched alkanes of at least 4 members (excludes halogenated alkanes) is 3. The number of hydrogen-bond acceptors (Lipinski definition) is 4. The molecule has 0 aliphatic carbocycles. The molecule has 1 aromatic carbocycles. The first-order valence-corrected chi connectivity index (χ1v) is 11.0. The Morgan fingerprint density at radius 3 is 2.50 bits per heavy atom. The van der Waals surface area contributed by atoms with Gasteiger partial charge in [0, 0.05) is 23.6 Å². The lowest BCUT2D eigenvalue weighted by molar-refractivity contribution is -0.137. The highest BCUT2D eigenvalue weighted by molar-refractivity contribution is 5.98. The highest BCUT2D eigenvalue weighted by atomic mass is 19.4. The molecular formula is C25H27F3N2O2. The van der Waals surface area contributed by atoms with Gasteiger partial charge in [0.05, 0.1) is 11.1 Å². The average molecular weight is 444 g/mol. The summed E-state index contributed by atoms with van der Waals surface area (Å²) in [5.74, 6) is 0.532. The van der Waals surface area contributed by atoms with Gasteiger partial charge in [0.1, 0.15) is 11.4 Å². The van der Waals surface area contributed by atoms with Gasteiger partial charge in [0.15, 0.2) is 5.78 Å². The quantitative estimate of drug-likeness (QED) is 0.238. The van der Waals surface area contributed by atoms with Gasteiger partial charge in [-0.05, 0) is 43.2 Å². The third-order valence-corrected chi connectivity index (χ3v) is 5.47. The van der Waals surface area contributed by atoms with E-state index < -0.39 is 11.7 Å². The number of nitrogens with zero attached hydrogens (tertiary/aromatic N) is 2. The van der Waals surface area contributed by atoms with Crippen LogP contribution in [0.1, 0.15) is 68.4 Å². The van der Waals surface area contributed by atoms with Gasteiger partial charge < -0.3 is 4.74 Å². The average Bonchev–Trinajstić information content (AvgIpc) is 2.78. The minimum Gasteiger partial charge on any atom is -0.439 e. The van der Waals surface area contributed by atoms with Gasteiger partial charge in [-0.3, -0.25) is 4.79 Å². The number of carbonyl (C=O) groups is 1. The lowest BCUT2D eigenvalue weighted by Crippen LogP contribution is -2.15. The van der Waals surface area contributed by atoms with Crippen LogP contribution in [-0.4, -0.2) is 15.8 Å². The van der Waals surface area contributed by atoms with Gasteiger partial charge >= 0.3 is 6.18 Å². The number of carbonyl (C=O) groups excluding carboxylic acids is 1. The van der Waals surface area contributed by atoms with Crippen molar-refractivity contribution in [2.24, 2.45) is 5.92 Å². The largest absolute Gasteiger partial charge is 0.439 e. The number of alkyl halides is 3. The van der Waals surface area contributed by atoms with Gasteiger partial charge in [-0.15, -0.1) is 0 Å². The molecule has 2 aromatic heterocycles. The first-order valence-electron chi connectivity index (χ1n) is 11.0. The Hall–Kier alpha value is -2.96. The van der Waals surface area contributed by atoms with E-state index in [9.17, 15) is 18.0 Å². The number of pyridine rings is 2. The second-order valence-electron chi connectivity index (χ2n) is 7.85. The Balaban J connectivity index is 1.71. The van der Waals surface area contributed by atoms with Gasteiger partial charge in [0.25, 0.3) is 0 Å². The molecule has 170 valence electrons. The topological polar surface area (TPSA) is 52.1 Å². The smallest absolute Gasteiger partial charge is 0.417 e. The van der Waals surface area contributed by atoms with E-state index in [4.69, 9.17) is 4.74 Å². The molecule has 0 saturated heterocycles. The van der Waals surface area contributed by atoms with Crippen molar-refractivity contribution < 1.29 is 22.7 Å². The molecule has 0 amide bonds. The predicted molar refractivity (Wildman–Crippen MR) is 118 cm³/mol. The minimum absolute atomic E-state index is 0.0230. The molecule has 0 fully saturated rings. The van der Waals surface area contributed by atoms with E-state index in [0.717, 1.165) is 49.8 Å². The van der Waals surface area contributed by atoms with Crippen molar-refractivity contribution in [2.45, 2.75) is 58.5 Å². The molecular weight excluding hydrogens is 417 g/mol. The molecule has 1 atom stereocenters. The molecule has 3 rings (SSSR count). The summed E-state index contributed by atoms with van der Waals surface area (Å²) in [6.07, 6.45) is 2.50. The van der Waals surface area contributed by atoms with Crippen molar-refractivity contribution >= 4 is 16.7 Å². The van der Waals surface area contributed by atoms with Crippen molar-refractivity contribution in [1.29, 1.82) is 0 Å². The van der Waals surface area contributed by atoms with E-state index in [1.807, 2.05) is 13.0 Å². The summed E-state index contributed by atoms with van der Waals surface area (Å²) >= 11 is 0. The molecule has 0 N–H and O–H groups in total. The molecule has 0 bridgehead atoms. The van der Waals surface area contributed by atoms with Crippen LogP contribution in [-0.2, 0) is 6.18 Å². The van der Waals surface area contributed by atoms with Crippen molar-refractivity contribution in [3.63, 3.8) is 0 Å². The fourth-order valence-electron chi connectivity index (χ4n) is 3.58. The molecule has 3 aromatic rings. The zero-order valence-electron chi connectivity index (χ0n) is 18.3. The van der Waals surface area contributed by atoms with Crippen LogP contribution in [0.2, 0.25) is 0 Å². The predicted octanol–water partition coefficient (Wildman–Crippen LogP) is 7.62. The van der Waals surface area contributed by atoms with E-state index in [2.05, 4.69) is 16.9 Å². The monoisotopic (exact) mass is 444 g/mol. The lowest BCUT2D eigenvalue weighted by Gasteiger charge is -2.13. The number of ketones is 1. The van der Waals surface area contributed by atoms with Gasteiger partial charge in [-0.2, -0.15) is 13.2 Å². The van der Waals surface area contributed by atoms with Gasteiger partial charge in [-0.1, -0.05) is 45.6 Å². The third kappa shape index (κ3) is 6.05. The lowest BCUT2D eigenvalue weighted by atomic mass is 9.92. The molecule has 2 heterocycles. The molecule has 32 heavy (non-hydrogen) atoms. The number of hydrogen-bond donors (Lipinski definition) is 0. The highest BCUT2D eigenvalue weighted by Gasteiger charge is 2.30. The van der Waals surface area contributed by atoms with Crippen LogP contribution in [0, 0.1) is 5.92 Å². The second-order valence-corrected chi connectivity index (χ2v) is 7.85. The Labute approximate surface area is 185 Å². The molecule has 0 saturated carbocycles. The van der Waals surface area contributed by atoms with E-state index >= 15 is 0 Å². The van der Waals surface area contributed by atoms with E-state index in [1.165, 1.54) is 12.5 Å². The van der Waals surface area contributed by atoms with Crippen LogP contribution in [0.3, 0.4) is 0 Å². The summed E-state index contributed by atoms with van der Waals surface area (Å²) in [5.41, 5.74) is 0.280. The molecule has 0 aliphatic rings. The standard InChI is InChI=1S/C25H27F3N2O2/c1-3-5-6-7-8-17(4-2)24(31)22-12-9-18-15-20(11-13-21(18)30-22)32-23-14-10-19(16-29-23)25(26,27)28/h9-17H,3-8H2,1-2H3. The number of halogens is 3. The normalized spacial score (nSPS) is 12.7. The molecule has 0 aliphatic heterocycles. The van der Waals surface area contributed by atoms with E-state index in [-0.39, 0.29) is 17.6 Å². The summed E-state index contributed by atoms with van der Waals surface area (Å²) in [7, 11) is 0. The Kier molecular flexibility index (Phi) is 7.83. The summed E-state index contributed by atoms with van der Waals surface area (Å²) in [5, 5.41) is 0.766. The van der Waals surface area contributed by atoms with Crippen molar-refractivity contribution in [2.75, 3.05) is 0 Å². The summed E-state index contributed by atoms with van der Waals surface area (Å²) in [6, 6.07) is 10.7. The highest BCUT2D eigenvalue weighted by Crippen LogP contribution is 2.30. The SMILES string of the molecule is CCCCCCC(CC)C(=O)c1ccc2cc(Oc3ccc(C(F)(F)F)cn3)ccc2n1. The molecule has 4 nitrogen and oxygen atoms in total. The summed E-state index contributed by atoms with van der Waals surface area (Å²) in [6.45, 7) is 4.19. The Morgan fingerprint density at radius 1 is 1.03 bits per heavy atom. The van der Waals surface area contributed by atoms with E-state index in [0.29, 0.717) is 17.0 Å². The molecule has 7 heteroatoms. The summed E-state index contributed by atoms with van der Waals surface area (Å²) in [4.78, 5) is 21.2. The number of ether oxygens (including phenoxy) is 1. The first kappa shape index (κ1) is 23.7. The van der Waals surface area contributed by atoms with Crippen LogP contribution in [0.4, 0.5) is 13.2 Å². The molecule has 1 unspecified atom stereocenters. The Morgan fingerprint density at radius 2 is 1.84 bits per heavy atom. The van der Waals surface area contributed by atoms with Gasteiger partial charge in [0.2, 0.25) is 5.88 Å². The fourth-order valence-corrected chi connectivity index (χ4v) is 3.58. The third-order valence-electron chi connectivity index (χ3n) is 5.47. The maximum absolute atomic E-state index is 12.9. The van der Waals surface area contributed by atoms with Crippen LogP contribution < -0.4 is 4.74 Å². The van der Waals surface area contributed by atoms with Crippen LogP contribution in [0.25, 0.3) is 10.9 Å². The number of aromatic nitrogens is 2. The van der Waals surface area contributed by atoms with Crippen molar-refractivity contribution in [3.05, 3.63) is 59.9 Å². The number of fused-ring (bicyclic) bond motifs is 1. The van der Waals surface area contributed by atoms with Crippen LogP contribution in [0.5, 0.6) is 11.6 Å². The zero-order chi connectivity index (χ0) is 23.1. The van der Waals surface area contributed by atoms with Crippen molar-refractivity contribution in [3.8, 4) is 11.6 Å². The van der Waals surface area contributed by atoms with E-state index in [1.54, 1.807) is 24.3 Å².